The molecular formula is C22H16F3N3O. The van der Waals surface area contributed by atoms with Crippen LogP contribution in [0, 0.1) is 0 Å². The van der Waals surface area contributed by atoms with Gasteiger partial charge in [-0.15, -0.1) is 0 Å². The van der Waals surface area contributed by atoms with Gasteiger partial charge in [0.25, 0.3) is 0 Å². The van der Waals surface area contributed by atoms with Gasteiger partial charge in [0.1, 0.15) is 0 Å². The van der Waals surface area contributed by atoms with Crippen LogP contribution in [0.15, 0.2) is 67.0 Å². The topological polar surface area (TPSA) is 60.9 Å². The molecule has 0 unspecified atom stereocenters. The third-order valence-electron chi connectivity index (χ3n) is 4.85. The predicted octanol–water partition coefficient (Wildman–Crippen LogP) is 5.03. The normalized spacial score (nSPS) is 11.7. The van der Waals surface area contributed by atoms with Gasteiger partial charge in [0.05, 0.1) is 22.9 Å². The summed E-state index contributed by atoms with van der Waals surface area (Å²) in [4.78, 5) is 15.9. The first-order chi connectivity index (χ1) is 13.8. The molecule has 0 aliphatic carbocycles. The van der Waals surface area contributed by atoms with Crippen molar-refractivity contribution in [2.45, 2.75) is 6.18 Å². The Balaban J connectivity index is 1.94. The minimum absolute atomic E-state index is 0.0297. The van der Waals surface area contributed by atoms with Crippen LogP contribution in [-0.2, 0) is 13.2 Å². The molecule has 1 amide bonds. The molecule has 4 nitrogen and oxygen atoms in total. The molecule has 0 saturated heterocycles. The fourth-order valence-corrected chi connectivity index (χ4v) is 3.45. The molecule has 0 spiro atoms. The van der Waals surface area contributed by atoms with Crippen molar-refractivity contribution in [3.8, 4) is 22.3 Å². The van der Waals surface area contributed by atoms with Gasteiger partial charge in [-0.1, -0.05) is 36.4 Å². The number of carbonyl (C=O) groups is 1. The van der Waals surface area contributed by atoms with Crippen LogP contribution in [0.3, 0.4) is 0 Å². The number of hydrogen-bond acceptors (Lipinski definition) is 2. The summed E-state index contributed by atoms with van der Waals surface area (Å²) in [6.45, 7) is 0. The lowest BCUT2D eigenvalue weighted by Crippen LogP contribution is -2.12. The number of nitrogens with zero attached hydrogens (tertiary/aromatic N) is 2. The molecule has 3 aromatic carbocycles. The monoisotopic (exact) mass is 395 g/mol. The van der Waals surface area contributed by atoms with Gasteiger partial charge in [0, 0.05) is 12.6 Å². The lowest BCUT2D eigenvalue weighted by Gasteiger charge is -2.15. The predicted molar refractivity (Wildman–Crippen MR) is 105 cm³/mol. The number of hydrogen-bond donors (Lipinski definition) is 1. The number of halogens is 3. The molecule has 0 aliphatic heterocycles. The highest BCUT2D eigenvalue weighted by molar-refractivity contribution is 6.00. The summed E-state index contributed by atoms with van der Waals surface area (Å²) >= 11 is 0. The lowest BCUT2D eigenvalue weighted by atomic mass is 9.93. The van der Waals surface area contributed by atoms with Gasteiger partial charge in [-0.3, -0.25) is 4.79 Å². The molecule has 146 valence electrons. The smallest absolute Gasteiger partial charge is 0.366 e. The molecule has 1 heterocycles. The van der Waals surface area contributed by atoms with Crippen LogP contribution in [-0.4, -0.2) is 15.5 Å². The van der Waals surface area contributed by atoms with Crippen molar-refractivity contribution >= 4 is 16.9 Å². The van der Waals surface area contributed by atoms with Crippen molar-refractivity contribution in [1.29, 1.82) is 0 Å². The minimum atomic E-state index is -4.53. The zero-order valence-electron chi connectivity index (χ0n) is 15.4. The highest BCUT2D eigenvalue weighted by Gasteiger charge is 2.34. The first kappa shape index (κ1) is 18.7. The lowest BCUT2D eigenvalue weighted by molar-refractivity contribution is -0.137. The van der Waals surface area contributed by atoms with Crippen LogP contribution >= 0.6 is 0 Å². The quantitative estimate of drug-likeness (QED) is 0.529. The summed E-state index contributed by atoms with van der Waals surface area (Å²) in [7, 11) is 1.65. The molecular weight excluding hydrogens is 379 g/mol. The Hall–Kier alpha value is -3.61. The van der Waals surface area contributed by atoms with Crippen LogP contribution in [0.25, 0.3) is 33.3 Å². The fourth-order valence-electron chi connectivity index (χ4n) is 3.45. The van der Waals surface area contributed by atoms with Crippen molar-refractivity contribution in [1.82, 2.24) is 9.55 Å². The zero-order valence-corrected chi connectivity index (χ0v) is 15.4. The van der Waals surface area contributed by atoms with E-state index in [0.29, 0.717) is 33.3 Å². The third kappa shape index (κ3) is 3.35. The van der Waals surface area contributed by atoms with Crippen molar-refractivity contribution in [2.75, 3.05) is 0 Å². The third-order valence-corrected chi connectivity index (χ3v) is 4.85. The molecule has 4 aromatic rings. The maximum atomic E-state index is 13.8. The second-order valence-electron chi connectivity index (χ2n) is 6.73. The van der Waals surface area contributed by atoms with E-state index < -0.39 is 17.6 Å². The van der Waals surface area contributed by atoms with E-state index in [1.54, 1.807) is 60.1 Å². The molecule has 0 saturated carbocycles. The highest BCUT2D eigenvalue weighted by atomic mass is 19.4. The molecule has 4 rings (SSSR count). The first-order valence-corrected chi connectivity index (χ1v) is 8.77. The Bertz CT molecular complexity index is 1240. The maximum absolute atomic E-state index is 13.8. The number of primary amides is 1. The molecule has 0 fully saturated rings. The Labute approximate surface area is 164 Å². The van der Waals surface area contributed by atoms with E-state index in [1.165, 1.54) is 12.4 Å². The Morgan fingerprint density at radius 3 is 2.34 bits per heavy atom. The maximum Gasteiger partial charge on any atom is 0.417 e. The van der Waals surface area contributed by atoms with Gasteiger partial charge in [0.2, 0.25) is 5.91 Å². The summed E-state index contributed by atoms with van der Waals surface area (Å²) in [6, 6.07) is 15.9. The van der Waals surface area contributed by atoms with Crippen LogP contribution < -0.4 is 5.73 Å². The standard InChI is InChI=1S/C22H16F3N3O/c1-28-12-27-19-10-17(18(11-20(19)28)22(23,24)25)14-6-4-5-13(9-14)15-7-2-3-8-16(15)21(26)29/h2-12H,1H3,(H2,26,29). The van der Waals surface area contributed by atoms with E-state index in [2.05, 4.69) is 4.98 Å². The van der Waals surface area contributed by atoms with E-state index in [0.717, 1.165) is 6.07 Å². The first-order valence-electron chi connectivity index (χ1n) is 8.77. The van der Waals surface area contributed by atoms with Crippen molar-refractivity contribution in [2.24, 2.45) is 12.8 Å². The van der Waals surface area contributed by atoms with E-state index in [4.69, 9.17) is 5.73 Å². The average molecular weight is 395 g/mol. The molecule has 0 atom stereocenters. The SMILES string of the molecule is Cn1cnc2cc(-c3cccc(-c4ccccc4C(N)=O)c3)c(C(F)(F)F)cc21. The second kappa shape index (κ2) is 6.77. The van der Waals surface area contributed by atoms with Gasteiger partial charge >= 0.3 is 6.18 Å². The summed E-state index contributed by atoms with van der Waals surface area (Å²) < 4.78 is 43.0. The largest absolute Gasteiger partial charge is 0.417 e. The van der Waals surface area contributed by atoms with Crippen LogP contribution in [0.4, 0.5) is 13.2 Å². The molecule has 0 bridgehead atoms. The van der Waals surface area contributed by atoms with E-state index >= 15 is 0 Å². The number of carbonyl (C=O) groups excluding carboxylic acids is 1. The van der Waals surface area contributed by atoms with Gasteiger partial charge in [-0.25, -0.2) is 4.98 Å². The van der Waals surface area contributed by atoms with E-state index in [9.17, 15) is 18.0 Å². The Morgan fingerprint density at radius 2 is 1.66 bits per heavy atom. The van der Waals surface area contributed by atoms with E-state index in [1.807, 2.05) is 0 Å². The summed E-state index contributed by atoms with van der Waals surface area (Å²) in [6.07, 6.45) is -3.05. The molecule has 29 heavy (non-hydrogen) atoms. The minimum Gasteiger partial charge on any atom is -0.366 e. The molecule has 0 radical (unpaired) electrons. The molecule has 1 aromatic heterocycles. The molecule has 7 heteroatoms. The number of nitrogens with two attached hydrogens (primary N) is 1. The number of amides is 1. The molecule has 2 N–H and O–H groups in total. The molecule has 0 aliphatic rings. The van der Waals surface area contributed by atoms with Gasteiger partial charge in [-0.2, -0.15) is 13.2 Å². The van der Waals surface area contributed by atoms with Crippen molar-refractivity contribution in [3.05, 3.63) is 78.1 Å². The van der Waals surface area contributed by atoms with Gasteiger partial charge < -0.3 is 10.3 Å². The Morgan fingerprint density at radius 1 is 0.966 bits per heavy atom. The van der Waals surface area contributed by atoms with Gasteiger partial charge in [0.15, 0.2) is 0 Å². The van der Waals surface area contributed by atoms with Crippen LogP contribution in [0.1, 0.15) is 15.9 Å². The highest BCUT2D eigenvalue weighted by Crippen LogP contribution is 2.40. The summed E-state index contributed by atoms with van der Waals surface area (Å²) in [5.74, 6) is -0.600. The number of aromatic nitrogens is 2. The number of aryl methyl sites for hydroxylation is 1. The zero-order chi connectivity index (χ0) is 20.8. The van der Waals surface area contributed by atoms with Crippen molar-refractivity contribution < 1.29 is 18.0 Å². The van der Waals surface area contributed by atoms with Crippen LogP contribution in [0.2, 0.25) is 0 Å². The average Bonchev–Trinajstić information content (AvgIpc) is 3.06. The number of imidazole rings is 1. The summed E-state index contributed by atoms with van der Waals surface area (Å²) in [5, 5.41) is 0. The van der Waals surface area contributed by atoms with Crippen molar-refractivity contribution in [3.63, 3.8) is 0 Å². The van der Waals surface area contributed by atoms with Crippen LogP contribution in [0.5, 0.6) is 0 Å². The number of fused-ring (bicyclic) bond motifs is 1. The number of benzene rings is 3. The fraction of sp³-hybridized carbons (Fsp3) is 0.0909. The second-order valence-corrected chi connectivity index (χ2v) is 6.73. The van der Waals surface area contributed by atoms with E-state index in [-0.39, 0.29) is 5.56 Å². The Kier molecular flexibility index (Phi) is 4.38. The number of rotatable bonds is 3. The number of alkyl halides is 3. The summed E-state index contributed by atoms with van der Waals surface area (Å²) in [5.41, 5.74) is 7.46. The van der Waals surface area contributed by atoms with Gasteiger partial charge in [-0.05, 0) is 46.5 Å².